The van der Waals surface area contributed by atoms with Gasteiger partial charge in [0, 0.05) is 62.9 Å². The monoisotopic (exact) mass is 273 g/mol. The average molecular weight is 273 g/mol. The van der Waals surface area contributed by atoms with Gasteiger partial charge in [-0.15, -0.1) is 0 Å². The van der Waals surface area contributed by atoms with Crippen LogP contribution in [0.25, 0.3) is 5.57 Å². The van der Waals surface area contributed by atoms with Gasteiger partial charge in [-0.2, -0.15) is 0 Å². The zero-order valence-electron chi connectivity index (χ0n) is 12.3. The third-order valence-corrected chi connectivity index (χ3v) is 4.08. The van der Waals surface area contributed by atoms with Crippen LogP contribution in [0.5, 0.6) is 0 Å². The molecule has 0 saturated carbocycles. The maximum Gasteiger partial charge on any atom is 0.0446 e. The van der Waals surface area contributed by atoms with Crippen molar-refractivity contribution in [1.82, 2.24) is 15.3 Å². The Kier molecular flexibility index (Phi) is 3.54. The lowest BCUT2D eigenvalue weighted by molar-refractivity contribution is 0.313. The van der Waals surface area contributed by atoms with Crippen molar-refractivity contribution >= 4 is 16.9 Å². The van der Waals surface area contributed by atoms with E-state index in [2.05, 4.69) is 40.6 Å². The number of nitrogens with one attached hydrogen (secondary N) is 1. The van der Waals surface area contributed by atoms with Gasteiger partial charge in [0.05, 0.1) is 0 Å². The molecule has 0 unspecified atom stereocenters. The molecule has 0 bridgehead atoms. The zero-order valence-corrected chi connectivity index (χ0v) is 12.3. The Hall–Kier alpha value is -1.72. The van der Waals surface area contributed by atoms with E-state index in [1.165, 1.54) is 16.8 Å². The van der Waals surface area contributed by atoms with E-state index in [9.17, 15) is 0 Å². The lowest BCUT2D eigenvalue weighted by Crippen LogP contribution is -2.44. The molecule has 1 fully saturated rings. The minimum atomic E-state index is 0.827. The van der Waals surface area contributed by atoms with E-state index >= 15 is 0 Å². The molecule has 2 aliphatic heterocycles. The molecular formula is C15H23N5. The van der Waals surface area contributed by atoms with E-state index in [-0.39, 0.29) is 0 Å². The third kappa shape index (κ3) is 2.59. The summed E-state index contributed by atoms with van der Waals surface area (Å²) >= 11 is 0. The van der Waals surface area contributed by atoms with Gasteiger partial charge in [-0.3, -0.25) is 0 Å². The van der Waals surface area contributed by atoms with Crippen molar-refractivity contribution in [2.45, 2.75) is 0 Å². The van der Waals surface area contributed by atoms with Crippen LogP contribution < -0.4 is 16.1 Å². The van der Waals surface area contributed by atoms with Gasteiger partial charge < -0.3 is 20.5 Å². The van der Waals surface area contributed by atoms with Crippen LogP contribution in [0.1, 0.15) is 5.56 Å². The standard InChI is InChI=1S/C15H23N5/c1-18-5-7-20(8-6-18)15-4-3-13(16)9-14(15)12-10-17-19(2)11-12/h3-4,9,11,17H,5-8,10,16H2,1-2H3. The molecule has 1 aromatic rings. The number of piperazine rings is 1. The lowest BCUT2D eigenvalue weighted by atomic mass is 10.0. The normalized spacial score (nSPS) is 20.4. The second kappa shape index (κ2) is 5.34. The fraction of sp³-hybridized carbons (Fsp3) is 0.467. The lowest BCUT2D eigenvalue weighted by Gasteiger charge is -2.35. The molecule has 3 N–H and O–H groups in total. The summed E-state index contributed by atoms with van der Waals surface area (Å²) in [5, 5.41) is 2.01. The first-order chi connectivity index (χ1) is 9.63. The Morgan fingerprint density at radius 3 is 2.50 bits per heavy atom. The molecular weight excluding hydrogens is 250 g/mol. The van der Waals surface area contributed by atoms with E-state index in [0.29, 0.717) is 0 Å². The summed E-state index contributed by atoms with van der Waals surface area (Å²) < 4.78 is 0. The zero-order chi connectivity index (χ0) is 14.1. The molecule has 2 aliphatic rings. The van der Waals surface area contributed by atoms with Gasteiger partial charge in [0.15, 0.2) is 0 Å². The highest BCUT2D eigenvalue weighted by atomic mass is 15.5. The first kappa shape index (κ1) is 13.3. The molecule has 108 valence electrons. The Morgan fingerprint density at radius 1 is 1.10 bits per heavy atom. The number of benzene rings is 1. The second-order valence-electron chi connectivity index (χ2n) is 5.67. The average Bonchev–Trinajstić information content (AvgIpc) is 2.86. The predicted molar refractivity (Wildman–Crippen MR) is 84.3 cm³/mol. The summed E-state index contributed by atoms with van der Waals surface area (Å²) in [5.74, 6) is 0. The summed E-state index contributed by atoms with van der Waals surface area (Å²) in [4.78, 5) is 4.84. The Labute approximate surface area is 120 Å². The van der Waals surface area contributed by atoms with E-state index in [1.54, 1.807) is 0 Å². The molecule has 2 heterocycles. The van der Waals surface area contributed by atoms with Crippen molar-refractivity contribution in [3.63, 3.8) is 0 Å². The number of likely N-dealkylation sites (N-methyl/N-ethyl adjacent to an activating group) is 1. The summed E-state index contributed by atoms with van der Waals surface area (Å²) in [7, 11) is 4.20. The Bertz CT molecular complexity index is 517. The van der Waals surface area contributed by atoms with Crippen molar-refractivity contribution in [2.24, 2.45) is 0 Å². The largest absolute Gasteiger partial charge is 0.399 e. The van der Waals surface area contributed by atoms with Gasteiger partial charge in [0.1, 0.15) is 0 Å². The molecule has 5 nitrogen and oxygen atoms in total. The molecule has 0 atom stereocenters. The molecule has 0 spiro atoms. The van der Waals surface area contributed by atoms with E-state index < -0.39 is 0 Å². The number of nitrogen functional groups attached to an aromatic ring is 1. The van der Waals surface area contributed by atoms with Crippen LogP contribution in [0.15, 0.2) is 24.4 Å². The maximum absolute atomic E-state index is 5.99. The van der Waals surface area contributed by atoms with Crippen LogP contribution in [0, 0.1) is 0 Å². The molecule has 0 aromatic heterocycles. The van der Waals surface area contributed by atoms with Gasteiger partial charge in [-0.05, 0) is 30.8 Å². The molecule has 20 heavy (non-hydrogen) atoms. The molecule has 1 aromatic carbocycles. The minimum absolute atomic E-state index is 0.827. The van der Waals surface area contributed by atoms with Crippen molar-refractivity contribution in [1.29, 1.82) is 0 Å². The molecule has 0 amide bonds. The van der Waals surface area contributed by atoms with Crippen LogP contribution in [0.3, 0.4) is 0 Å². The Balaban J connectivity index is 1.92. The van der Waals surface area contributed by atoms with Crippen molar-refractivity contribution < 1.29 is 0 Å². The van der Waals surface area contributed by atoms with E-state index in [0.717, 1.165) is 38.4 Å². The highest BCUT2D eigenvalue weighted by molar-refractivity contribution is 5.80. The minimum Gasteiger partial charge on any atom is -0.399 e. The van der Waals surface area contributed by atoms with E-state index in [4.69, 9.17) is 5.73 Å². The van der Waals surface area contributed by atoms with Gasteiger partial charge in [0.25, 0.3) is 0 Å². The van der Waals surface area contributed by atoms with Crippen molar-refractivity contribution in [3.8, 4) is 0 Å². The van der Waals surface area contributed by atoms with Gasteiger partial charge in [-0.1, -0.05) is 0 Å². The topological polar surface area (TPSA) is 47.8 Å². The van der Waals surface area contributed by atoms with E-state index in [1.807, 2.05) is 18.1 Å². The number of nitrogens with two attached hydrogens (primary N) is 1. The number of anilines is 2. The third-order valence-electron chi connectivity index (χ3n) is 4.08. The van der Waals surface area contributed by atoms with Crippen LogP contribution in [-0.2, 0) is 0 Å². The molecule has 1 saturated heterocycles. The number of hydrazine groups is 1. The molecule has 0 radical (unpaired) electrons. The smallest absolute Gasteiger partial charge is 0.0446 e. The SMILES string of the molecule is CN1CCN(c2ccc(N)cc2C2=CN(C)NC2)CC1. The maximum atomic E-state index is 5.99. The van der Waals surface area contributed by atoms with Crippen LogP contribution in [0.2, 0.25) is 0 Å². The Morgan fingerprint density at radius 2 is 1.85 bits per heavy atom. The van der Waals surface area contributed by atoms with Gasteiger partial charge in [-0.25, -0.2) is 5.43 Å². The van der Waals surface area contributed by atoms with Gasteiger partial charge in [0.2, 0.25) is 0 Å². The van der Waals surface area contributed by atoms with Crippen LogP contribution >= 0.6 is 0 Å². The second-order valence-corrected chi connectivity index (χ2v) is 5.67. The van der Waals surface area contributed by atoms with Crippen molar-refractivity contribution in [3.05, 3.63) is 30.0 Å². The summed E-state index contributed by atoms with van der Waals surface area (Å²) in [6.45, 7) is 5.23. The fourth-order valence-corrected chi connectivity index (χ4v) is 2.83. The summed E-state index contributed by atoms with van der Waals surface area (Å²) in [5.41, 5.74) is 14.0. The highest BCUT2D eigenvalue weighted by Crippen LogP contribution is 2.31. The predicted octanol–water partition coefficient (Wildman–Crippen LogP) is 0.812. The first-order valence-electron chi connectivity index (χ1n) is 7.14. The summed E-state index contributed by atoms with van der Waals surface area (Å²) in [6.07, 6.45) is 2.15. The number of nitrogens with zero attached hydrogens (tertiary/aromatic N) is 3. The fourth-order valence-electron chi connectivity index (χ4n) is 2.83. The van der Waals surface area contributed by atoms with Crippen LogP contribution in [-0.4, -0.2) is 56.7 Å². The molecule has 5 heteroatoms. The van der Waals surface area contributed by atoms with Crippen molar-refractivity contribution in [2.75, 3.05) is 57.5 Å². The van der Waals surface area contributed by atoms with Gasteiger partial charge >= 0.3 is 0 Å². The first-order valence-corrected chi connectivity index (χ1v) is 7.14. The highest BCUT2D eigenvalue weighted by Gasteiger charge is 2.20. The quantitative estimate of drug-likeness (QED) is 0.781. The molecule has 0 aliphatic carbocycles. The molecule has 3 rings (SSSR count). The number of rotatable bonds is 2. The summed E-state index contributed by atoms with van der Waals surface area (Å²) in [6, 6.07) is 6.26. The number of hydrogen-bond acceptors (Lipinski definition) is 5. The van der Waals surface area contributed by atoms with Crippen LogP contribution in [0.4, 0.5) is 11.4 Å². The number of hydrogen-bond donors (Lipinski definition) is 2.